The Morgan fingerprint density at radius 3 is 3.08 bits per heavy atom. The maximum absolute atomic E-state index is 12.6. The van der Waals surface area contributed by atoms with Crippen LogP contribution in [0.15, 0.2) is 29.2 Å². The molecule has 1 N–H and O–H groups in total. The average Bonchev–Trinajstić information content (AvgIpc) is 2.60. The Bertz CT molecular complexity index is 608. The van der Waals surface area contributed by atoms with Crippen LogP contribution in [0.1, 0.15) is 32.6 Å². The highest BCUT2D eigenvalue weighted by Crippen LogP contribution is 2.36. The Morgan fingerprint density at radius 1 is 1.42 bits per heavy atom. The number of ether oxygens (including phenoxy) is 1. The van der Waals surface area contributed by atoms with Crippen molar-refractivity contribution in [3.05, 3.63) is 24.3 Å². The quantitative estimate of drug-likeness (QED) is 0.889. The van der Waals surface area contributed by atoms with Gasteiger partial charge in [0.2, 0.25) is 11.8 Å². The average molecular weight is 348 g/mol. The zero-order valence-corrected chi connectivity index (χ0v) is 14.8. The van der Waals surface area contributed by atoms with E-state index in [4.69, 9.17) is 4.74 Å². The molecule has 0 radical (unpaired) electrons. The van der Waals surface area contributed by atoms with Gasteiger partial charge in [-0.3, -0.25) is 9.59 Å². The number of carbonyl (C=O) groups is 2. The second-order valence-electron chi connectivity index (χ2n) is 6.27. The SMILES string of the molecule is CCCO[C@H]1CCCN(C(=O)C[C@H]2Sc3ccccc3NC2=O)C1. The fourth-order valence-electron chi connectivity index (χ4n) is 3.10. The first-order valence-corrected chi connectivity index (χ1v) is 9.51. The Labute approximate surface area is 147 Å². The number of rotatable bonds is 5. The molecule has 2 amide bonds. The first kappa shape index (κ1) is 17.3. The van der Waals surface area contributed by atoms with Crippen LogP contribution in [-0.2, 0) is 14.3 Å². The summed E-state index contributed by atoms with van der Waals surface area (Å²) in [5.41, 5.74) is 0.835. The first-order valence-electron chi connectivity index (χ1n) is 8.63. The molecule has 5 nitrogen and oxygen atoms in total. The number of hydrogen-bond donors (Lipinski definition) is 1. The number of thioether (sulfide) groups is 1. The summed E-state index contributed by atoms with van der Waals surface area (Å²) >= 11 is 1.48. The van der Waals surface area contributed by atoms with Crippen LogP contribution in [0.3, 0.4) is 0 Å². The monoisotopic (exact) mass is 348 g/mol. The van der Waals surface area contributed by atoms with Gasteiger partial charge in [0.05, 0.1) is 17.0 Å². The van der Waals surface area contributed by atoms with Gasteiger partial charge >= 0.3 is 0 Å². The second kappa shape index (κ2) is 8.03. The van der Waals surface area contributed by atoms with E-state index in [1.54, 1.807) is 0 Å². The van der Waals surface area contributed by atoms with E-state index in [9.17, 15) is 9.59 Å². The van der Waals surface area contributed by atoms with E-state index in [0.717, 1.165) is 43.0 Å². The third-order valence-corrected chi connectivity index (χ3v) is 5.63. The molecule has 2 aliphatic heterocycles. The summed E-state index contributed by atoms with van der Waals surface area (Å²) in [5.74, 6) is -0.0327. The van der Waals surface area contributed by atoms with Crippen molar-refractivity contribution < 1.29 is 14.3 Å². The van der Waals surface area contributed by atoms with Crippen LogP contribution in [0.25, 0.3) is 0 Å². The molecule has 6 heteroatoms. The van der Waals surface area contributed by atoms with Crippen molar-refractivity contribution in [2.45, 2.75) is 48.9 Å². The van der Waals surface area contributed by atoms with Gasteiger partial charge in [0.15, 0.2) is 0 Å². The standard InChI is InChI=1S/C18H24N2O3S/c1-2-10-23-13-6-5-9-20(12-13)17(21)11-16-18(22)19-14-7-3-4-8-15(14)24-16/h3-4,7-8,13,16H,2,5-6,9-12H2,1H3,(H,19,22)/t13-,16+/m0/s1. The minimum Gasteiger partial charge on any atom is -0.376 e. The smallest absolute Gasteiger partial charge is 0.238 e. The number of carbonyl (C=O) groups excluding carboxylic acids is 2. The molecule has 1 aromatic rings. The molecule has 1 saturated heterocycles. The number of piperidine rings is 1. The molecule has 0 spiro atoms. The molecule has 1 aromatic carbocycles. The molecule has 0 aromatic heterocycles. The fraction of sp³-hybridized carbons (Fsp3) is 0.556. The predicted molar refractivity (Wildman–Crippen MR) is 95.2 cm³/mol. The minimum atomic E-state index is -0.357. The lowest BCUT2D eigenvalue weighted by Crippen LogP contribution is -2.45. The molecule has 24 heavy (non-hydrogen) atoms. The van der Waals surface area contributed by atoms with Crippen LogP contribution >= 0.6 is 11.8 Å². The molecule has 1 fully saturated rings. The van der Waals surface area contributed by atoms with E-state index in [1.165, 1.54) is 11.8 Å². The summed E-state index contributed by atoms with van der Waals surface area (Å²) in [4.78, 5) is 27.8. The van der Waals surface area contributed by atoms with Crippen molar-refractivity contribution in [2.24, 2.45) is 0 Å². The van der Waals surface area contributed by atoms with Crippen molar-refractivity contribution in [2.75, 3.05) is 25.0 Å². The number of hydrogen-bond acceptors (Lipinski definition) is 4. The molecule has 2 aliphatic rings. The van der Waals surface area contributed by atoms with E-state index < -0.39 is 0 Å². The van der Waals surface area contributed by atoms with Gasteiger partial charge in [-0.1, -0.05) is 19.1 Å². The number of fused-ring (bicyclic) bond motifs is 1. The van der Waals surface area contributed by atoms with E-state index in [0.29, 0.717) is 6.54 Å². The first-order chi connectivity index (χ1) is 11.7. The maximum atomic E-state index is 12.6. The molecular formula is C18H24N2O3S. The molecule has 0 unspecified atom stereocenters. The largest absolute Gasteiger partial charge is 0.376 e. The summed E-state index contributed by atoms with van der Waals surface area (Å²) in [6, 6.07) is 7.71. The maximum Gasteiger partial charge on any atom is 0.238 e. The van der Waals surface area contributed by atoms with Gasteiger partial charge in [-0.05, 0) is 31.4 Å². The number of benzene rings is 1. The number of likely N-dealkylation sites (tertiary alicyclic amines) is 1. The van der Waals surface area contributed by atoms with Gasteiger partial charge in [-0.2, -0.15) is 0 Å². The predicted octanol–water partition coefficient (Wildman–Crippen LogP) is 2.91. The molecule has 0 saturated carbocycles. The summed E-state index contributed by atoms with van der Waals surface area (Å²) in [7, 11) is 0. The van der Waals surface area contributed by atoms with Gasteiger partial charge in [-0.25, -0.2) is 0 Å². The number of nitrogens with one attached hydrogen (secondary N) is 1. The fourth-order valence-corrected chi connectivity index (χ4v) is 4.20. The lowest BCUT2D eigenvalue weighted by atomic mass is 10.1. The third-order valence-electron chi connectivity index (χ3n) is 4.36. The minimum absolute atomic E-state index is 0.0480. The Morgan fingerprint density at radius 2 is 2.25 bits per heavy atom. The summed E-state index contributed by atoms with van der Waals surface area (Å²) in [6.45, 7) is 4.24. The highest BCUT2D eigenvalue weighted by atomic mass is 32.2. The van der Waals surface area contributed by atoms with E-state index in [-0.39, 0.29) is 29.6 Å². The Kier molecular flexibility index (Phi) is 5.79. The summed E-state index contributed by atoms with van der Waals surface area (Å²) in [5, 5.41) is 2.54. The number of para-hydroxylation sites is 1. The van der Waals surface area contributed by atoms with Gasteiger partial charge in [0.1, 0.15) is 0 Å². The van der Waals surface area contributed by atoms with Crippen molar-refractivity contribution in [3.63, 3.8) is 0 Å². The molecule has 0 bridgehead atoms. The summed E-state index contributed by atoms with van der Waals surface area (Å²) < 4.78 is 5.79. The zero-order chi connectivity index (χ0) is 16.9. The van der Waals surface area contributed by atoms with Crippen LogP contribution in [0, 0.1) is 0 Å². The lowest BCUT2D eigenvalue weighted by Gasteiger charge is -2.34. The highest BCUT2D eigenvalue weighted by Gasteiger charge is 2.32. The van der Waals surface area contributed by atoms with Crippen molar-refractivity contribution >= 4 is 29.3 Å². The topological polar surface area (TPSA) is 58.6 Å². The second-order valence-corrected chi connectivity index (χ2v) is 7.52. The van der Waals surface area contributed by atoms with E-state index in [1.807, 2.05) is 29.2 Å². The van der Waals surface area contributed by atoms with Crippen LogP contribution in [0.5, 0.6) is 0 Å². The highest BCUT2D eigenvalue weighted by molar-refractivity contribution is 8.01. The van der Waals surface area contributed by atoms with Crippen LogP contribution in [0.2, 0.25) is 0 Å². The molecule has 130 valence electrons. The molecule has 0 aliphatic carbocycles. The normalized spacial score (nSPS) is 23.5. The summed E-state index contributed by atoms with van der Waals surface area (Å²) in [6.07, 6.45) is 3.34. The van der Waals surface area contributed by atoms with Crippen molar-refractivity contribution in [1.29, 1.82) is 0 Å². The van der Waals surface area contributed by atoms with E-state index in [2.05, 4.69) is 12.2 Å². The third kappa shape index (κ3) is 4.11. The Hall–Kier alpha value is -1.53. The molecule has 3 rings (SSSR count). The zero-order valence-electron chi connectivity index (χ0n) is 14.0. The molecule has 2 heterocycles. The van der Waals surface area contributed by atoms with Crippen LogP contribution < -0.4 is 5.32 Å². The number of nitrogens with zero attached hydrogens (tertiary/aromatic N) is 1. The number of anilines is 1. The van der Waals surface area contributed by atoms with Gasteiger partial charge in [-0.15, -0.1) is 11.8 Å². The van der Waals surface area contributed by atoms with Gasteiger partial charge in [0.25, 0.3) is 0 Å². The van der Waals surface area contributed by atoms with Gasteiger partial charge < -0.3 is 15.0 Å². The van der Waals surface area contributed by atoms with Gasteiger partial charge in [0, 0.05) is 31.0 Å². The van der Waals surface area contributed by atoms with Crippen LogP contribution in [-0.4, -0.2) is 47.8 Å². The molecule has 2 atom stereocenters. The van der Waals surface area contributed by atoms with E-state index >= 15 is 0 Å². The van der Waals surface area contributed by atoms with Crippen molar-refractivity contribution in [3.8, 4) is 0 Å². The van der Waals surface area contributed by atoms with Crippen LogP contribution in [0.4, 0.5) is 5.69 Å². The molecular weight excluding hydrogens is 324 g/mol. The number of amides is 2. The van der Waals surface area contributed by atoms with Crippen molar-refractivity contribution in [1.82, 2.24) is 4.90 Å². The lowest BCUT2D eigenvalue weighted by molar-refractivity contribution is -0.136. The Balaban J connectivity index is 1.57.